The maximum Gasteiger partial charge on any atom is 0.179 e. The highest BCUT2D eigenvalue weighted by Gasteiger charge is 2.48. The third-order valence-electron chi connectivity index (χ3n) is 7.19. The number of alkyl halides is 1. The fourth-order valence-corrected chi connectivity index (χ4v) is 7.69. The first kappa shape index (κ1) is 30.1. The predicted octanol–water partition coefficient (Wildman–Crippen LogP) is 4.98. The molecule has 3 atom stereocenters. The number of hydrogen-bond acceptors (Lipinski definition) is 7. The number of aliphatic hydroxyl groups excluding tert-OH is 1. The van der Waals surface area contributed by atoms with E-state index < -0.39 is 27.3 Å². The number of sulfone groups is 1. The maximum atomic E-state index is 13.6. The molecule has 0 saturated heterocycles. The van der Waals surface area contributed by atoms with Gasteiger partial charge in [-0.05, 0) is 54.3 Å². The molecule has 0 radical (unpaired) electrons. The number of aliphatic hydroxyl groups is 1. The van der Waals surface area contributed by atoms with Crippen molar-refractivity contribution in [2.24, 2.45) is 5.41 Å². The molecule has 1 aliphatic heterocycles. The Morgan fingerprint density at radius 2 is 1.70 bits per heavy atom. The number of ether oxygens (including phenoxy) is 3. The number of unbranched alkanes of at least 4 members (excludes halogenated alkanes) is 1. The highest BCUT2D eigenvalue weighted by atomic mass is 127. The number of fused-ring (bicyclic) bond motifs is 1. The number of hydrogen-bond donors (Lipinski definition) is 2. The van der Waals surface area contributed by atoms with Gasteiger partial charge in [0.05, 0.1) is 43.2 Å². The van der Waals surface area contributed by atoms with Gasteiger partial charge in [-0.3, -0.25) is 0 Å². The summed E-state index contributed by atoms with van der Waals surface area (Å²) in [6, 6.07) is 12.5. The zero-order valence-electron chi connectivity index (χ0n) is 21.8. The van der Waals surface area contributed by atoms with Gasteiger partial charge >= 0.3 is 0 Å². The smallest absolute Gasteiger partial charge is 0.179 e. The maximum absolute atomic E-state index is 13.6. The van der Waals surface area contributed by atoms with Crippen LogP contribution in [0.5, 0.6) is 5.75 Å². The zero-order valence-corrected chi connectivity index (χ0v) is 24.8. The van der Waals surface area contributed by atoms with Crippen LogP contribution in [0.4, 0.5) is 5.69 Å². The van der Waals surface area contributed by atoms with Crippen LogP contribution < -0.4 is 10.5 Å². The van der Waals surface area contributed by atoms with Gasteiger partial charge in [0.2, 0.25) is 0 Å². The third kappa shape index (κ3) is 7.59. The molecule has 37 heavy (non-hydrogen) atoms. The fourth-order valence-electron chi connectivity index (χ4n) is 5.12. The van der Waals surface area contributed by atoms with Crippen LogP contribution >= 0.6 is 22.6 Å². The van der Waals surface area contributed by atoms with E-state index in [2.05, 4.69) is 29.5 Å². The molecule has 7 nitrogen and oxygen atoms in total. The van der Waals surface area contributed by atoms with Gasteiger partial charge in [-0.25, -0.2) is 8.42 Å². The Kier molecular flexibility index (Phi) is 11.5. The molecule has 0 fully saturated rings. The molecule has 0 unspecified atom stereocenters. The molecular weight excluding hydrogens is 605 g/mol. The van der Waals surface area contributed by atoms with Gasteiger partial charge in [-0.1, -0.05) is 61.4 Å². The highest BCUT2D eigenvalue weighted by molar-refractivity contribution is 14.1. The van der Waals surface area contributed by atoms with Gasteiger partial charge in [0.15, 0.2) is 9.84 Å². The number of halogens is 1. The first-order valence-electron chi connectivity index (χ1n) is 13.0. The number of nitrogen functional groups attached to an aromatic ring is 1. The number of nitrogens with two attached hydrogens (primary N) is 1. The first-order chi connectivity index (χ1) is 17.8. The summed E-state index contributed by atoms with van der Waals surface area (Å²) in [6.45, 7) is 6.75. The summed E-state index contributed by atoms with van der Waals surface area (Å²) in [7, 11) is -3.62. The van der Waals surface area contributed by atoms with Crippen molar-refractivity contribution in [1.82, 2.24) is 0 Å². The average molecular weight is 646 g/mol. The van der Waals surface area contributed by atoms with Gasteiger partial charge in [-0.2, -0.15) is 0 Å². The van der Waals surface area contributed by atoms with E-state index in [0.29, 0.717) is 56.3 Å². The van der Waals surface area contributed by atoms with Crippen LogP contribution in [0, 0.1) is 5.41 Å². The van der Waals surface area contributed by atoms with Crippen LogP contribution in [-0.4, -0.2) is 62.8 Å². The Hall–Kier alpha value is -1.40. The van der Waals surface area contributed by atoms with Gasteiger partial charge < -0.3 is 25.1 Å². The monoisotopic (exact) mass is 645 g/mol. The summed E-state index contributed by atoms with van der Waals surface area (Å²) < 4.78 is 44.8. The molecule has 2 aromatic rings. The minimum atomic E-state index is -3.62. The molecule has 1 heterocycles. The lowest BCUT2D eigenvalue weighted by molar-refractivity contribution is 0.0174. The molecule has 0 saturated carbocycles. The molecule has 1 aliphatic rings. The van der Waals surface area contributed by atoms with Crippen molar-refractivity contribution in [3.8, 4) is 5.75 Å². The SMILES string of the molecule is CCCC[C@]1(CC)CS(=O)(=O)c2ccc(N)cc2[C@@H](c2ccc(OCCOCCOCCI)cc2)[C@H]1O. The summed E-state index contributed by atoms with van der Waals surface area (Å²) in [5, 5.41) is 11.9. The molecule has 9 heteroatoms. The summed E-state index contributed by atoms with van der Waals surface area (Å²) in [5.74, 6) is 0.0901. The summed E-state index contributed by atoms with van der Waals surface area (Å²) in [5.41, 5.74) is 7.23. The largest absolute Gasteiger partial charge is 0.491 e. The van der Waals surface area contributed by atoms with Crippen molar-refractivity contribution in [3.63, 3.8) is 0 Å². The Balaban J connectivity index is 1.84. The predicted molar refractivity (Wildman–Crippen MR) is 155 cm³/mol. The van der Waals surface area contributed by atoms with Crippen LogP contribution in [0.3, 0.4) is 0 Å². The first-order valence-corrected chi connectivity index (χ1v) is 16.2. The van der Waals surface area contributed by atoms with Crippen molar-refractivity contribution >= 4 is 38.1 Å². The Morgan fingerprint density at radius 3 is 2.35 bits per heavy atom. The topological polar surface area (TPSA) is 108 Å². The van der Waals surface area contributed by atoms with Gasteiger partial charge in [0, 0.05) is 21.4 Å². The summed E-state index contributed by atoms with van der Waals surface area (Å²) in [4.78, 5) is 0.262. The lowest BCUT2D eigenvalue weighted by atomic mass is 9.69. The Labute approximate surface area is 235 Å². The van der Waals surface area contributed by atoms with Crippen molar-refractivity contribution < 1.29 is 27.7 Å². The molecule has 3 rings (SSSR count). The average Bonchev–Trinajstić information content (AvgIpc) is 2.95. The number of benzene rings is 2. The minimum Gasteiger partial charge on any atom is -0.491 e. The van der Waals surface area contributed by atoms with E-state index in [9.17, 15) is 13.5 Å². The van der Waals surface area contributed by atoms with E-state index >= 15 is 0 Å². The molecular formula is C28H40INO6S. The Morgan fingerprint density at radius 1 is 1.03 bits per heavy atom. The molecule has 0 amide bonds. The van der Waals surface area contributed by atoms with Gasteiger partial charge in [0.1, 0.15) is 12.4 Å². The third-order valence-corrected chi connectivity index (χ3v) is 9.62. The van der Waals surface area contributed by atoms with Crippen LogP contribution in [0.2, 0.25) is 0 Å². The molecule has 0 aliphatic carbocycles. The molecule has 2 aromatic carbocycles. The lowest BCUT2D eigenvalue weighted by Gasteiger charge is -2.39. The van der Waals surface area contributed by atoms with E-state index in [-0.39, 0.29) is 10.6 Å². The van der Waals surface area contributed by atoms with E-state index in [1.54, 1.807) is 18.2 Å². The minimum absolute atomic E-state index is 0.0740. The second-order valence-electron chi connectivity index (χ2n) is 9.63. The van der Waals surface area contributed by atoms with Crippen LogP contribution in [0.1, 0.15) is 56.6 Å². The highest BCUT2D eigenvalue weighted by Crippen LogP contribution is 2.49. The lowest BCUT2D eigenvalue weighted by Crippen LogP contribution is -2.42. The second-order valence-corrected chi connectivity index (χ2v) is 12.7. The summed E-state index contributed by atoms with van der Waals surface area (Å²) >= 11 is 2.27. The quantitative estimate of drug-likeness (QED) is 0.129. The molecule has 0 aromatic heterocycles. The number of anilines is 1. The molecule has 0 spiro atoms. The second kappa shape index (κ2) is 14.1. The van der Waals surface area contributed by atoms with Crippen molar-refractivity contribution in [3.05, 3.63) is 53.6 Å². The van der Waals surface area contributed by atoms with E-state index in [0.717, 1.165) is 29.4 Å². The van der Waals surface area contributed by atoms with Crippen molar-refractivity contribution in [2.75, 3.05) is 48.9 Å². The van der Waals surface area contributed by atoms with Gasteiger partial charge in [0.25, 0.3) is 0 Å². The normalized spacial score (nSPS) is 22.8. The Bertz CT molecular complexity index is 1090. The van der Waals surface area contributed by atoms with Crippen molar-refractivity contribution in [1.29, 1.82) is 0 Å². The fraction of sp³-hybridized carbons (Fsp3) is 0.571. The van der Waals surface area contributed by atoms with Crippen LogP contribution in [-0.2, 0) is 19.3 Å². The molecule has 206 valence electrons. The van der Waals surface area contributed by atoms with Crippen molar-refractivity contribution in [2.45, 2.75) is 56.4 Å². The van der Waals surface area contributed by atoms with Gasteiger partial charge in [-0.15, -0.1) is 0 Å². The van der Waals surface area contributed by atoms with E-state index in [1.807, 2.05) is 31.2 Å². The van der Waals surface area contributed by atoms with E-state index in [4.69, 9.17) is 19.9 Å². The molecule has 3 N–H and O–H groups in total. The standard InChI is InChI=1S/C28H40INO6S/c1-3-5-12-28(4-2)20-37(32,33)25-11-8-22(30)19-24(25)26(27(28)31)21-6-9-23(10-7-21)36-18-17-35-16-15-34-14-13-29/h6-11,19,26-27,31H,3-5,12-18,20,30H2,1-2H3/t26-,27-,28-/m1/s1. The van der Waals surface area contributed by atoms with Crippen LogP contribution in [0.15, 0.2) is 47.4 Å². The number of rotatable bonds is 14. The van der Waals surface area contributed by atoms with E-state index in [1.165, 1.54) is 0 Å². The van der Waals surface area contributed by atoms with Crippen LogP contribution in [0.25, 0.3) is 0 Å². The molecule has 0 bridgehead atoms. The summed E-state index contributed by atoms with van der Waals surface area (Å²) in [6.07, 6.45) is 2.12. The zero-order chi connectivity index (χ0) is 26.9.